The van der Waals surface area contributed by atoms with Gasteiger partial charge in [0.25, 0.3) is 17.7 Å². The van der Waals surface area contributed by atoms with Crippen molar-refractivity contribution in [2.24, 2.45) is 7.05 Å². The van der Waals surface area contributed by atoms with Crippen LogP contribution in [0.1, 0.15) is 32.0 Å². The molecule has 3 amide bonds. The summed E-state index contributed by atoms with van der Waals surface area (Å²) in [6.07, 6.45) is 0.939. The molecule has 4 aromatic rings. The van der Waals surface area contributed by atoms with Crippen molar-refractivity contribution in [3.8, 4) is 28.4 Å². The summed E-state index contributed by atoms with van der Waals surface area (Å²) in [6.45, 7) is 2.39. The lowest BCUT2D eigenvalue weighted by Crippen LogP contribution is -2.45. The predicted octanol–water partition coefficient (Wildman–Crippen LogP) is 3.77. The lowest BCUT2D eigenvalue weighted by molar-refractivity contribution is -0.123. The van der Waals surface area contributed by atoms with Gasteiger partial charge in [0.15, 0.2) is 23.8 Å². The van der Waals surface area contributed by atoms with E-state index in [1.807, 2.05) is 43.3 Å². The van der Waals surface area contributed by atoms with Gasteiger partial charge in [-0.15, -0.1) is 0 Å². The number of rotatable bonds is 2. The molecule has 3 aromatic carbocycles. The van der Waals surface area contributed by atoms with Crippen LogP contribution in [0, 0.1) is 6.92 Å². The molecule has 2 atom stereocenters. The average molecular weight is 630 g/mol. The SMILES string of the molecule is COc1cc2ccc1O[C@H]1CN(C(=O)c3nn(C)cc3Cl)C[C@@H]1NC(=O)c1ccc(C)c(c1)-c1cccc(c1)OCC(=O)NC2. The first-order chi connectivity index (χ1) is 21.7. The number of aryl methyl sites for hydroxylation is 2. The third kappa shape index (κ3) is 6.44. The quantitative estimate of drug-likeness (QED) is 0.346. The van der Waals surface area contributed by atoms with Crippen molar-refractivity contribution in [1.82, 2.24) is 25.3 Å². The number of carbonyl (C=O) groups excluding carboxylic acids is 3. The topological polar surface area (TPSA) is 124 Å². The number of methoxy groups -OCH3 is 1. The highest BCUT2D eigenvalue weighted by molar-refractivity contribution is 6.33. The Hall–Kier alpha value is -5.03. The first kappa shape index (κ1) is 30.0. The number of benzene rings is 3. The van der Waals surface area contributed by atoms with Crippen LogP contribution in [-0.4, -0.2) is 71.4 Å². The molecule has 3 aliphatic rings. The number of fused-ring (bicyclic) bond motifs is 7. The summed E-state index contributed by atoms with van der Waals surface area (Å²) in [5.41, 5.74) is 4.00. The zero-order valence-electron chi connectivity index (χ0n) is 25.0. The van der Waals surface area contributed by atoms with E-state index in [0.717, 1.165) is 22.3 Å². The highest BCUT2D eigenvalue weighted by Crippen LogP contribution is 2.32. The van der Waals surface area contributed by atoms with E-state index in [2.05, 4.69) is 15.7 Å². The molecule has 3 aliphatic heterocycles. The Labute approximate surface area is 265 Å². The van der Waals surface area contributed by atoms with Crippen molar-refractivity contribution in [3.63, 3.8) is 0 Å². The Morgan fingerprint density at radius 3 is 2.69 bits per heavy atom. The lowest BCUT2D eigenvalue weighted by Gasteiger charge is -2.23. The van der Waals surface area contributed by atoms with Gasteiger partial charge in [-0.3, -0.25) is 19.1 Å². The second-order valence-electron chi connectivity index (χ2n) is 11.1. The van der Waals surface area contributed by atoms with Crippen molar-refractivity contribution >= 4 is 29.3 Å². The van der Waals surface area contributed by atoms with E-state index in [0.29, 0.717) is 22.8 Å². The molecule has 1 fully saturated rings. The van der Waals surface area contributed by atoms with Crippen molar-refractivity contribution in [1.29, 1.82) is 0 Å². The molecule has 0 spiro atoms. The van der Waals surface area contributed by atoms with E-state index in [-0.39, 0.29) is 54.7 Å². The number of halogens is 1. The van der Waals surface area contributed by atoms with Gasteiger partial charge in [-0.05, 0) is 65.6 Å². The van der Waals surface area contributed by atoms with Crippen LogP contribution in [0.5, 0.6) is 17.2 Å². The number of aromatic nitrogens is 2. The Kier molecular flexibility index (Phi) is 8.36. The van der Waals surface area contributed by atoms with E-state index in [1.54, 1.807) is 42.4 Å². The summed E-state index contributed by atoms with van der Waals surface area (Å²) < 4.78 is 19.3. The monoisotopic (exact) mass is 629 g/mol. The highest BCUT2D eigenvalue weighted by Gasteiger charge is 2.40. The van der Waals surface area contributed by atoms with Crippen LogP contribution >= 0.6 is 11.6 Å². The number of hydrogen-bond acceptors (Lipinski definition) is 7. The second kappa shape index (κ2) is 12.5. The Balaban J connectivity index is 1.37. The minimum absolute atomic E-state index is 0.126. The molecule has 232 valence electrons. The van der Waals surface area contributed by atoms with E-state index in [9.17, 15) is 14.4 Å². The fraction of sp³-hybridized carbons (Fsp3) is 0.273. The van der Waals surface area contributed by atoms with Gasteiger partial charge in [-0.1, -0.05) is 35.9 Å². The first-order valence-corrected chi connectivity index (χ1v) is 14.8. The van der Waals surface area contributed by atoms with Crippen LogP contribution in [0.2, 0.25) is 5.02 Å². The number of hydrogen-bond donors (Lipinski definition) is 2. The molecule has 12 heteroatoms. The van der Waals surface area contributed by atoms with Crippen LogP contribution in [0.25, 0.3) is 11.1 Å². The Morgan fingerprint density at radius 2 is 1.91 bits per heavy atom. The van der Waals surface area contributed by atoms with Gasteiger partial charge >= 0.3 is 0 Å². The van der Waals surface area contributed by atoms with Crippen LogP contribution in [0.4, 0.5) is 0 Å². The van der Waals surface area contributed by atoms with Gasteiger partial charge in [0.1, 0.15) is 11.9 Å². The number of amides is 3. The van der Waals surface area contributed by atoms with E-state index >= 15 is 0 Å². The zero-order valence-corrected chi connectivity index (χ0v) is 25.8. The molecule has 1 saturated heterocycles. The standard InChI is InChI=1S/C33H32ClN5O6/c1-19-7-9-22-13-24(19)21-5-4-6-23(12-21)44-18-30(40)35-14-20-8-10-27(28(11-20)43-3)45-29-17-39(16-26(29)36-32(22)41)33(42)31-25(34)15-38(2)37-31/h4-13,15,26,29H,14,16-18H2,1-3H3,(H,35,40)(H,36,41)/t26-,29-/m0/s1. The molecule has 11 nitrogen and oxygen atoms in total. The maximum Gasteiger partial charge on any atom is 0.276 e. The summed E-state index contributed by atoms with van der Waals surface area (Å²) in [7, 11) is 3.21. The molecule has 7 rings (SSSR count). The largest absolute Gasteiger partial charge is 0.493 e. The minimum atomic E-state index is -0.621. The van der Waals surface area contributed by atoms with Crippen molar-refractivity contribution in [2.75, 3.05) is 26.8 Å². The number of nitrogens with zero attached hydrogens (tertiary/aromatic N) is 3. The fourth-order valence-corrected chi connectivity index (χ4v) is 5.77. The molecule has 4 heterocycles. The van der Waals surface area contributed by atoms with E-state index in [1.165, 1.54) is 11.8 Å². The van der Waals surface area contributed by atoms with E-state index < -0.39 is 12.1 Å². The predicted molar refractivity (Wildman–Crippen MR) is 167 cm³/mol. The minimum Gasteiger partial charge on any atom is -0.493 e. The second-order valence-corrected chi connectivity index (χ2v) is 11.5. The molecule has 0 unspecified atom stereocenters. The van der Waals surface area contributed by atoms with Crippen molar-refractivity contribution in [2.45, 2.75) is 25.6 Å². The maximum atomic E-state index is 13.7. The van der Waals surface area contributed by atoms with Gasteiger partial charge in [-0.25, -0.2) is 0 Å². The summed E-state index contributed by atoms with van der Waals surface area (Å²) in [5, 5.41) is 10.4. The number of ether oxygens (including phenoxy) is 3. The number of carbonyl (C=O) groups is 3. The summed E-state index contributed by atoms with van der Waals surface area (Å²) >= 11 is 6.29. The zero-order chi connectivity index (χ0) is 31.7. The molecule has 0 radical (unpaired) electrons. The smallest absolute Gasteiger partial charge is 0.276 e. The molecular weight excluding hydrogens is 598 g/mol. The molecule has 6 bridgehead atoms. The molecule has 1 aromatic heterocycles. The molecule has 2 N–H and O–H groups in total. The first-order valence-electron chi connectivity index (χ1n) is 14.4. The highest BCUT2D eigenvalue weighted by atomic mass is 35.5. The van der Waals surface area contributed by atoms with Gasteiger partial charge in [0, 0.05) is 31.9 Å². The van der Waals surface area contributed by atoms with Gasteiger partial charge < -0.3 is 29.7 Å². The maximum absolute atomic E-state index is 13.7. The summed E-state index contributed by atoms with van der Waals surface area (Å²) in [5.74, 6) is 0.428. The van der Waals surface area contributed by atoms with Crippen molar-refractivity contribution < 1.29 is 28.6 Å². The van der Waals surface area contributed by atoms with E-state index in [4.69, 9.17) is 25.8 Å². The third-order valence-electron chi connectivity index (χ3n) is 7.87. The van der Waals surface area contributed by atoms with Gasteiger partial charge in [0.2, 0.25) is 0 Å². The Morgan fingerprint density at radius 1 is 1.07 bits per heavy atom. The molecular formula is C33H32ClN5O6. The number of nitrogens with one attached hydrogen (secondary N) is 2. The average Bonchev–Trinajstić information content (AvgIpc) is 3.59. The molecule has 0 aliphatic carbocycles. The van der Waals surface area contributed by atoms with Crippen LogP contribution < -0.4 is 24.8 Å². The van der Waals surface area contributed by atoms with Crippen LogP contribution in [-0.2, 0) is 18.4 Å². The fourth-order valence-electron chi connectivity index (χ4n) is 5.51. The van der Waals surface area contributed by atoms with Crippen LogP contribution in [0.3, 0.4) is 0 Å². The van der Waals surface area contributed by atoms with Crippen molar-refractivity contribution in [3.05, 3.63) is 94.3 Å². The molecule has 45 heavy (non-hydrogen) atoms. The summed E-state index contributed by atoms with van der Waals surface area (Å²) in [4.78, 5) is 41.4. The lowest BCUT2D eigenvalue weighted by atomic mass is 9.97. The third-order valence-corrected chi connectivity index (χ3v) is 8.14. The van der Waals surface area contributed by atoms with Gasteiger partial charge in [0.05, 0.1) is 24.7 Å². The Bertz CT molecular complexity index is 1790. The normalized spacial score (nSPS) is 18.3. The number of likely N-dealkylation sites (tertiary alicyclic amines) is 1. The van der Waals surface area contributed by atoms with Crippen LogP contribution in [0.15, 0.2) is 66.9 Å². The molecule has 0 saturated carbocycles. The van der Waals surface area contributed by atoms with Gasteiger partial charge in [-0.2, -0.15) is 5.10 Å². The summed E-state index contributed by atoms with van der Waals surface area (Å²) in [6, 6.07) is 17.6.